The normalized spacial score (nSPS) is 14.4. The van der Waals surface area contributed by atoms with E-state index in [-0.39, 0.29) is 6.42 Å². The molecule has 0 aliphatic heterocycles. The Kier molecular flexibility index (Phi) is 4.50. The molecule has 1 aromatic carbocycles. The molecule has 0 radical (unpaired) electrons. The molecule has 3 nitrogen and oxygen atoms in total. The quantitative estimate of drug-likeness (QED) is 0.875. The molecular formula is C12H15BrO3. The van der Waals surface area contributed by atoms with Crippen molar-refractivity contribution in [1.82, 2.24) is 0 Å². The third-order valence-electron chi connectivity index (χ3n) is 2.40. The van der Waals surface area contributed by atoms with Crippen LogP contribution >= 0.6 is 15.9 Å². The van der Waals surface area contributed by atoms with Crippen molar-refractivity contribution in [2.75, 3.05) is 0 Å². The summed E-state index contributed by atoms with van der Waals surface area (Å²) in [5, 5.41) is 18.4. The number of halogens is 1. The van der Waals surface area contributed by atoms with E-state index in [9.17, 15) is 9.90 Å². The number of carbonyl (C=O) groups is 1. The Bertz CT molecular complexity index is 357. The lowest BCUT2D eigenvalue weighted by Crippen LogP contribution is -2.28. The first-order valence-corrected chi connectivity index (χ1v) is 5.87. The van der Waals surface area contributed by atoms with E-state index in [0.717, 1.165) is 10.0 Å². The minimum atomic E-state index is -1.14. The second kappa shape index (κ2) is 5.46. The zero-order valence-corrected chi connectivity index (χ0v) is 10.7. The predicted molar refractivity (Wildman–Crippen MR) is 65.3 cm³/mol. The maximum Gasteiger partial charge on any atom is 0.306 e. The molecule has 0 heterocycles. The number of aliphatic carboxylic acids is 1. The van der Waals surface area contributed by atoms with Crippen LogP contribution in [0.25, 0.3) is 0 Å². The smallest absolute Gasteiger partial charge is 0.306 e. The van der Waals surface area contributed by atoms with Crippen LogP contribution in [-0.2, 0) is 11.2 Å². The average Bonchev–Trinajstić information content (AvgIpc) is 2.15. The van der Waals surface area contributed by atoms with Crippen LogP contribution in [0.5, 0.6) is 0 Å². The highest BCUT2D eigenvalue weighted by atomic mass is 79.9. The van der Waals surface area contributed by atoms with Gasteiger partial charge in [0.1, 0.15) is 0 Å². The van der Waals surface area contributed by atoms with Gasteiger partial charge in [-0.25, -0.2) is 0 Å². The van der Waals surface area contributed by atoms with Gasteiger partial charge in [-0.1, -0.05) is 28.1 Å². The lowest BCUT2D eigenvalue weighted by atomic mass is 9.94. The SMILES string of the molecule is CC(O)(CCc1ccc(Br)cc1)CC(=O)O. The van der Waals surface area contributed by atoms with Crippen LogP contribution in [-0.4, -0.2) is 21.8 Å². The molecule has 2 N–H and O–H groups in total. The fourth-order valence-electron chi connectivity index (χ4n) is 1.48. The molecule has 0 saturated heterocycles. The predicted octanol–water partition coefficient (Wildman–Crippen LogP) is 2.61. The minimum Gasteiger partial charge on any atom is -0.481 e. The summed E-state index contributed by atoms with van der Waals surface area (Å²) in [7, 11) is 0. The van der Waals surface area contributed by atoms with Crippen molar-refractivity contribution in [1.29, 1.82) is 0 Å². The molecular weight excluding hydrogens is 272 g/mol. The zero-order chi connectivity index (χ0) is 12.2. The minimum absolute atomic E-state index is 0.219. The number of carboxylic acid groups (broad SMARTS) is 1. The third kappa shape index (κ3) is 4.77. The van der Waals surface area contributed by atoms with Crippen LogP contribution in [0, 0.1) is 0 Å². The number of hydrogen-bond donors (Lipinski definition) is 2. The Labute approximate surface area is 103 Å². The molecule has 0 aliphatic rings. The van der Waals surface area contributed by atoms with E-state index in [1.807, 2.05) is 24.3 Å². The lowest BCUT2D eigenvalue weighted by Gasteiger charge is -2.20. The van der Waals surface area contributed by atoms with Crippen molar-refractivity contribution in [3.63, 3.8) is 0 Å². The summed E-state index contributed by atoms with van der Waals surface area (Å²) in [5.74, 6) is -0.971. The molecule has 1 unspecified atom stereocenters. The summed E-state index contributed by atoms with van der Waals surface area (Å²) < 4.78 is 1.01. The van der Waals surface area contributed by atoms with Crippen LogP contribution in [0.4, 0.5) is 0 Å². The fraction of sp³-hybridized carbons (Fsp3) is 0.417. The molecule has 1 atom stereocenters. The first kappa shape index (κ1) is 13.2. The lowest BCUT2D eigenvalue weighted by molar-refractivity contribution is -0.142. The molecule has 0 bridgehead atoms. The van der Waals surface area contributed by atoms with Gasteiger partial charge in [-0.3, -0.25) is 4.79 Å². The number of carboxylic acids is 1. The number of aryl methyl sites for hydroxylation is 1. The summed E-state index contributed by atoms with van der Waals surface area (Å²) in [5.41, 5.74) is -0.0484. The summed E-state index contributed by atoms with van der Waals surface area (Å²) in [6.07, 6.45) is 0.901. The van der Waals surface area contributed by atoms with Crippen molar-refractivity contribution in [2.45, 2.75) is 31.8 Å². The van der Waals surface area contributed by atoms with E-state index in [2.05, 4.69) is 15.9 Å². The van der Waals surface area contributed by atoms with Crippen molar-refractivity contribution in [3.05, 3.63) is 34.3 Å². The van der Waals surface area contributed by atoms with Gasteiger partial charge < -0.3 is 10.2 Å². The van der Waals surface area contributed by atoms with Gasteiger partial charge in [-0.15, -0.1) is 0 Å². The van der Waals surface area contributed by atoms with E-state index in [1.54, 1.807) is 6.92 Å². The largest absolute Gasteiger partial charge is 0.481 e. The molecule has 0 fully saturated rings. The van der Waals surface area contributed by atoms with Gasteiger partial charge in [-0.2, -0.15) is 0 Å². The van der Waals surface area contributed by atoms with Crippen LogP contribution in [0.15, 0.2) is 28.7 Å². The molecule has 88 valence electrons. The second-order valence-electron chi connectivity index (χ2n) is 4.19. The monoisotopic (exact) mass is 286 g/mol. The zero-order valence-electron chi connectivity index (χ0n) is 9.11. The number of hydrogen-bond acceptors (Lipinski definition) is 2. The topological polar surface area (TPSA) is 57.5 Å². The van der Waals surface area contributed by atoms with E-state index in [4.69, 9.17) is 5.11 Å². The van der Waals surface area contributed by atoms with Gasteiger partial charge in [0.15, 0.2) is 0 Å². The van der Waals surface area contributed by atoms with E-state index < -0.39 is 11.6 Å². The number of aliphatic hydroxyl groups is 1. The summed E-state index contributed by atoms with van der Waals surface area (Å²) in [6, 6.07) is 7.78. The van der Waals surface area contributed by atoms with Crippen LogP contribution in [0.2, 0.25) is 0 Å². The first-order chi connectivity index (χ1) is 7.39. The molecule has 0 aromatic heterocycles. The van der Waals surface area contributed by atoms with Gasteiger partial charge in [-0.05, 0) is 37.5 Å². The van der Waals surface area contributed by atoms with Crippen LogP contribution in [0.1, 0.15) is 25.3 Å². The van der Waals surface area contributed by atoms with E-state index in [1.165, 1.54) is 0 Å². The first-order valence-electron chi connectivity index (χ1n) is 5.08. The molecule has 0 aliphatic carbocycles. The van der Waals surface area contributed by atoms with Gasteiger partial charge in [0, 0.05) is 4.47 Å². The van der Waals surface area contributed by atoms with Gasteiger partial charge in [0.2, 0.25) is 0 Å². The summed E-state index contributed by atoms with van der Waals surface area (Å²) in [4.78, 5) is 10.5. The molecule has 16 heavy (non-hydrogen) atoms. The van der Waals surface area contributed by atoms with Gasteiger partial charge >= 0.3 is 5.97 Å². The Morgan fingerprint density at radius 3 is 2.44 bits per heavy atom. The standard InChI is InChI=1S/C12H15BrO3/c1-12(16,8-11(14)15)7-6-9-2-4-10(13)5-3-9/h2-5,16H,6-8H2,1H3,(H,14,15). The summed E-state index contributed by atoms with van der Waals surface area (Å²) in [6.45, 7) is 1.56. The molecule has 0 amide bonds. The van der Waals surface area contributed by atoms with Crippen LogP contribution in [0.3, 0.4) is 0 Å². The molecule has 4 heteroatoms. The maximum absolute atomic E-state index is 10.5. The highest BCUT2D eigenvalue weighted by Crippen LogP contribution is 2.19. The van der Waals surface area contributed by atoms with Crippen molar-refractivity contribution < 1.29 is 15.0 Å². The van der Waals surface area contributed by atoms with Crippen molar-refractivity contribution >= 4 is 21.9 Å². The average molecular weight is 287 g/mol. The summed E-state index contributed by atoms with van der Waals surface area (Å²) >= 11 is 3.34. The molecule has 0 saturated carbocycles. The highest BCUT2D eigenvalue weighted by molar-refractivity contribution is 9.10. The Hall–Kier alpha value is -0.870. The van der Waals surface area contributed by atoms with Crippen molar-refractivity contribution in [3.8, 4) is 0 Å². The third-order valence-corrected chi connectivity index (χ3v) is 2.93. The molecule has 1 rings (SSSR count). The molecule has 0 spiro atoms. The van der Waals surface area contributed by atoms with E-state index in [0.29, 0.717) is 12.8 Å². The van der Waals surface area contributed by atoms with E-state index >= 15 is 0 Å². The highest BCUT2D eigenvalue weighted by Gasteiger charge is 2.23. The second-order valence-corrected chi connectivity index (χ2v) is 5.11. The Balaban J connectivity index is 2.50. The Morgan fingerprint density at radius 1 is 1.38 bits per heavy atom. The fourth-order valence-corrected chi connectivity index (χ4v) is 1.74. The maximum atomic E-state index is 10.5. The van der Waals surface area contributed by atoms with Gasteiger partial charge in [0.05, 0.1) is 12.0 Å². The number of benzene rings is 1. The molecule has 1 aromatic rings. The van der Waals surface area contributed by atoms with Gasteiger partial charge in [0.25, 0.3) is 0 Å². The van der Waals surface area contributed by atoms with Crippen molar-refractivity contribution in [2.24, 2.45) is 0 Å². The number of rotatable bonds is 5. The Morgan fingerprint density at radius 2 is 1.94 bits per heavy atom. The van der Waals surface area contributed by atoms with Crippen LogP contribution < -0.4 is 0 Å².